The number of fused-ring (bicyclic) bond motifs is 1. The summed E-state index contributed by atoms with van der Waals surface area (Å²) in [6.45, 7) is 10.5. The average Bonchev–Trinajstić information content (AvgIpc) is 3.55. The molecule has 1 unspecified atom stereocenters. The third-order valence-electron chi connectivity index (χ3n) is 7.17. The predicted octanol–water partition coefficient (Wildman–Crippen LogP) is 4.31. The molecule has 3 aromatic rings. The number of carbonyl (C=O) groups excluding carboxylic acids is 2. The number of amides is 2. The van der Waals surface area contributed by atoms with Gasteiger partial charge in [-0.25, -0.2) is 15.0 Å². The van der Waals surface area contributed by atoms with Crippen LogP contribution in [0.25, 0.3) is 16.9 Å². The molecule has 1 saturated heterocycles. The van der Waals surface area contributed by atoms with Crippen molar-refractivity contribution in [1.29, 1.82) is 0 Å². The van der Waals surface area contributed by atoms with Crippen LogP contribution in [0.2, 0.25) is 0 Å². The maximum absolute atomic E-state index is 12.5. The van der Waals surface area contributed by atoms with Crippen LogP contribution in [0.4, 0.5) is 11.5 Å². The van der Waals surface area contributed by atoms with Gasteiger partial charge in [-0.3, -0.25) is 14.8 Å². The first kappa shape index (κ1) is 28.5. The summed E-state index contributed by atoms with van der Waals surface area (Å²) in [6, 6.07) is 10.5. The smallest absolute Gasteiger partial charge is 0.243 e. The van der Waals surface area contributed by atoms with Gasteiger partial charge < -0.3 is 15.5 Å². The molecule has 10 nitrogen and oxygen atoms in total. The number of nitrogens with zero attached hydrogens (tertiary/aromatic N) is 4. The van der Waals surface area contributed by atoms with Crippen molar-refractivity contribution in [3.63, 3.8) is 0 Å². The van der Waals surface area contributed by atoms with Crippen molar-refractivity contribution in [2.45, 2.75) is 72.3 Å². The molecule has 0 spiro atoms. The molecule has 1 aromatic carbocycles. The Balaban J connectivity index is 1.33. The van der Waals surface area contributed by atoms with E-state index in [-0.39, 0.29) is 11.8 Å². The highest BCUT2D eigenvalue weighted by Crippen LogP contribution is 2.27. The summed E-state index contributed by atoms with van der Waals surface area (Å²) in [5.41, 5.74) is 5.52. The molecule has 0 bridgehead atoms. The third kappa shape index (κ3) is 7.54. The summed E-state index contributed by atoms with van der Waals surface area (Å²) in [7, 11) is 0. The third-order valence-corrected chi connectivity index (χ3v) is 7.17. The first-order valence-electron chi connectivity index (χ1n) is 13.8. The van der Waals surface area contributed by atoms with E-state index < -0.39 is 5.41 Å². The number of carbonyl (C=O) groups is 2. The van der Waals surface area contributed by atoms with E-state index in [0.29, 0.717) is 12.5 Å². The molecule has 2 amide bonds. The first-order chi connectivity index (χ1) is 18.6. The molecule has 4 rings (SSSR count). The van der Waals surface area contributed by atoms with Crippen LogP contribution in [-0.4, -0.2) is 57.3 Å². The second-order valence-electron chi connectivity index (χ2n) is 11.4. The summed E-state index contributed by atoms with van der Waals surface area (Å²) in [6.07, 6.45) is 7.30. The summed E-state index contributed by atoms with van der Waals surface area (Å²) < 4.78 is 1.83. The van der Waals surface area contributed by atoms with Crippen molar-refractivity contribution in [2.24, 2.45) is 5.41 Å². The minimum absolute atomic E-state index is 0.0211. The van der Waals surface area contributed by atoms with Crippen LogP contribution >= 0.6 is 0 Å². The number of imidazole rings is 1. The number of unbranched alkanes of at least 4 members (excludes halogenated alkanes) is 3. The Morgan fingerprint density at radius 2 is 1.90 bits per heavy atom. The number of nitrogens with one attached hydrogen (secondary N) is 3. The molecule has 1 atom stereocenters. The van der Waals surface area contributed by atoms with Crippen LogP contribution in [-0.2, 0) is 9.59 Å². The Kier molecular flexibility index (Phi) is 9.19. The lowest BCUT2D eigenvalue weighted by atomic mass is 9.95. The molecule has 0 radical (unpaired) electrons. The zero-order chi connectivity index (χ0) is 28.0. The lowest BCUT2D eigenvalue weighted by molar-refractivity contribution is -0.129. The molecule has 4 N–H and O–H groups in total. The van der Waals surface area contributed by atoms with Gasteiger partial charge in [-0.1, -0.05) is 45.7 Å². The number of hydrogen-bond acceptors (Lipinski definition) is 7. The standard InChI is InChI=1S/C29H41N7O3/c1-20-10-11-21(17-23(20)32-28(38)29(2,3)4)24-19-36-25(31-24)12-13-26(33-36)35-16-14-22(18-35)30-15-8-6-5-7-9-27(37)34-39/h10-13,17,19,22,30,39H,5-9,14-16,18H2,1-4H3,(H,32,38)(H,34,37). The molecule has 10 heteroatoms. The Labute approximate surface area is 230 Å². The minimum Gasteiger partial charge on any atom is -0.354 e. The average molecular weight is 536 g/mol. The molecule has 1 fully saturated rings. The van der Waals surface area contributed by atoms with Crippen LogP contribution in [0.15, 0.2) is 36.5 Å². The largest absolute Gasteiger partial charge is 0.354 e. The van der Waals surface area contributed by atoms with Crippen LogP contribution in [0.5, 0.6) is 0 Å². The van der Waals surface area contributed by atoms with E-state index in [1.54, 1.807) is 5.48 Å². The molecular weight excluding hydrogens is 494 g/mol. The Bertz CT molecular complexity index is 1300. The summed E-state index contributed by atoms with van der Waals surface area (Å²) in [4.78, 5) is 30.7. The molecule has 210 valence electrons. The fraction of sp³-hybridized carbons (Fsp3) is 0.517. The van der Waals surface area contributed by atoms with E-state index >= 15 is 0 Å². The number of aromatic nitrogens is 3. The molecular formula is C29H41N7O3. The van der Waals surface area contributed by atoms with Crippen molar-refractivity contribution in [3.05, 3.63) is 42.1 Å². The molecule has 1 aliphatic heterocycles. The van der Waals surface area contributed by atoms with Gasteiger partial charge in [0.15, 0.2) is 5.65 Å². The monoisotopic (exact) mass is 535 g/mol. The van der Waals surface area contributed by atoms with Gasteiger partial charge in [-0.15, -0.1) is 5.10 Å². The molecule has 0 aliphatic carbocycles. The van der Waals surface area contributed by atoms with Gasteiger partial charge in [-0.2, -0.15) is 0 Å². The van der Waals surface area contributed by atoms with Gasteiger partial charge >= 0.3 is 0 Å². The molecule has 3 heterocycles. The Morgan fingerprint density at radius 1 is 1.10 bits per heavy atom. The second-order valence-corrected chi connectivity index (χ2v) is 11.4. The summed E-state index contributed by atoms with van der Waals surface area (Å²) >= 11 is 0. The van der Waals surface area contributed by atoms with Crippen molar-refractivity contribution in [3.8, 4) is 11.3 Å². The van der Waals surface area contributed by atoms with E-state index in [4.69, 9.17) is 15.3 Å². The lowest BCUT2D eigenvalue weighted by Gasteiger charge is -2.19. The quantitative estimate of drug-likeness (QED) is 0.164. The SMILES string of the molecule is Cc1ccc(-c2cn3nc(N4CCC(NCCCCCCC(=O)NO)C4)ccc3n2)cc1NC(=O)C(C)(C)C. The Hall–Kier alpha value is -3.50. The Morgan fingerprint density at radius 3 is 2.67 bits per heavy atom. The van der Waals surface area contributed by atoms with Gasteiger partial charge in [0.05, 0.1) is 11.9 Å². The highest BCUT2D eigenvalue weighted by atomic mass is 16.5. The fourth-order valence-corrected chi connectivity index (χ4v) is 4.67. The van der Waals surface area contributed by atoms with E-state index in [9.17, 15) is 9.59 Å². The van der Waals surface area contributed by atoms with Gasteiger partial charge in [0.25, 0.3) is 0 Å². The first-order valence-corrected chi connectivity index (χ1v) is 13.8. The van der Waals surface area contributed by atoms with Crippen LogP contribution in [0.1, 0.15) is 64.9 Å². The van der Waals surface area contributed by atoms with Gasteiger partial charge in [0.1, 0.15) is 5.82 Å². The summed E-state index contributed by atoms with van der Waals surface area (Å²) in [5.74, 6) is 0.593. The summed E-state index contributed by atoms with van der Waals surface area (Å²) in [5, 5.41) is 20.1. The number of rotatable bonds is 11. The molecule has 39 heavy (non-hydrogen) atoms. The van der Waals surface area contributed by atoms with Crippen LogP contribution < -0.4 is 21.0 Å². The van der Waals surface area contributed by atoms with Crippen LogP contribution in [0, 0.1) is 12.3 Å². The van der Waals surface area contributed by atoms with Gasteiger partial charge in [-0.05, 0) is 56.5 Å². The number of benzene rings is 1. The maximum Gasteiger partial charge on any atom is 0.243 e. The van der Waals surface area contributed by atoms with Crippen molar-refractivity contribution in [2.75, 3.05) is 29.9 Å². The highest BCUT2D eigenvalue weighted by Gasteiger charge is 2.24. The second kappa shape index (κ2) is 12.6. The number of hydrogen-bond donors (Lipinski definition) is 4. The fourth-order valence-electron chi connectivity index (χ4n) is 4.67. The highest BCUT2D eigenvalue weighted by molar-refractivity contribution is 5.95. The van der Waals surface area contributed by atoms with Crippen molar-refractivity contribution >= 4 is 29.0 Å². The van der Waals surface area contributed by atoms with Crippen molar-refractivity contribution < 1.29 is 14.8 Å². The van der Waals surface area contributed by atoms with E-state index in [1.165, 1.54) is 0 Å². The topological polar surface area (TPSA) is 124 Å². The molecule has 2 aromatic heterocycles. The van der Waals surface area contributed by atoms with Gasteiger partial charge in [0.2, 0.25) is 11.8 Å². The van der Waals surface area contributed by atoms with E-state index in [1.807, 2.05) is 68.7 Å². The van der Waals surface area contributed by atoms with E-state index in [0.717, 1.165) is 85.7 Å². The van der Waals surface area contributed by atoms with Gasteiger partial charge in [0, 0.05) is 42.2 Å². The maximum atomic E-state index is 12.5. The predicted molar refractivity (Wildman–Crippen MR) is 153 cm³/mol. The van der Waals surface area contributed by atoms with E-state index in [2.05, 4.69) is 15.5 Å². The zero-order valence-corrected chi connectivity index (χ0v) is 23.5. The number of aryl methyl sites for hydroxylation is 1. The minimum atomic E-state index is -0.475. The number of anilines is 2. The molecule has 0 saturated carbocycles. The lowest BCUT2D eigenvalue weighted by Crippen LogP contribution is -2.33. The number of hydroxylamine groups is 1. The zero-order valence-electron chi connectivity index (χ0n) is 23.5. The molecule has 1 aliphatic rings. The normalized spacial score (nSPS) is 15.6. The van der Waals surface area contributed by atoms with Crippen LogP contribution in [0.3, 0.4) is 0 Å². The van der Waals surface area contributed by atoms with Crippen molar-refractivity contribution in [1.82, 2.24) is 25.4 Å².